The zero-order valence-electron chi connectivity index (χ0n) is 19.0. The van der Waals surface area contributed by atoms with Gasteiger partial charge < -0.3 is 19.4 Å². The van der Waals surface area contributed by atoms with Gasteiger partial charge in [0.25, 0.3) is 0 Å². The van der Waals surface area contributed by atoms with E-state index >= 15 is 0 Å². The molecule has 0 amide bonds. The van der Waals surface area contributed by atoms with Crippen LogP contribution in [-0.2, 0) is 22.4 Å². The van der Waals surface area contributed by atoms with Crippen molar-refractivity contribution in [2.75, 3.05) is 64.6 Å². The molecule has 2 saturated heterocycles. The second-order valence-corrected chi connectivity index (χ2v) is 8.96. The molecular weight excluding hydrogens is 404 g/mol. The number of benzene rings is 1. The highest BCUT2D eigenvalue weighted by atomic mass is 16.5. The number of nitrogens with zero attached hydrogens (tertiary/aromatic N) is 5. The molecule has 0 radical (unpaired) electrons. The van der Waals surface area contributed by atoms with Crippen LogP contribution in [-0.4, -0.2) is 84.3 Å². The van der Waals surface area contributed by atoms with Gasteiger partial charge in [0.15, 0.2) is 0 Å². The van der Waals surface area contributed by atoms with Gasteiger partial charge in [0.2, 0.25) is 5.95 Å². The molecule has 0 bridgehead atoms. The van der Waals surface area contributed by atoms with Crippen molar-refractivity contribution in [1.82, 2.24) is 24.6 Å². The molecule has 0 aliphatic carbocycles. The first kappa shape index (κ1) is 21.4. The maximum Gasteiger partial charge on any atom is 0.227 e. The van der Waals surface area contributed by atoms with Gasteiger partial charge in [-0.2, -0.15) is 0 Å². The van der Waals surface area contributed by atoms with Crippen molar-refractivity contribution in [3.05, 3.63) is 41.9 Å². The maximum absolute atomic E-state index is 5.52. The standard InChI is InChI=1S/C24H34N6O2/c1-31-12-11-30-23(15-20-16-25-22-7-3-2-6-21(20)22)26-27-24(30)29-8-4-5-19(18-29)17-28-9-13-32-14-10-28/h2-3,6-7,16,19,25H,4-5,8-15,17-18H2,1H3/t19-/m0/s1. The Morgan fingerprint density at radius 2 is 2.03 bits per heavy atom. The predicted molar refractivity (Wildman–Crippen MR) is 125 cm³/mol. The number of H-pyrrole nitrogens is 1. The number of hydrogen-bond acceptors (Lipinski definition) is 6. The molecule has 2 aliphatic rings. The summed E-state index contributed by atoms with van der Waals surface area (Å²) in [5.74, 6) is 2.65. The Bertz CT molecular complexity index is 1010. The van der Waals surface area contributed by atoms with Crippen LogP contribution >= 0.6 is 0 Å². The Balaban J connectivity index is 1.34. The van der Waals surface area contributed by atoms with Crippen molar-refractivity contribution in [1.29, 1.82) is 0 Å². The van der Waals surface area contributed by atoms with E-state index in [1.165, 1.54) is 23.8 Å². The lowest BCUT2D eigenvalue weighted by Gasteiger charge is -2.37. The van der Waals surface area contributed by atoms with Crippen molar-refractivity contribution in [2.45, 2.75) is 25.8 Å². The molecule has 0 spiro atoms. The fourth-order valence-electron chi connectivity index (χ4n) is 5.10. The quantitative estimate of drug-likeness (QED) is 0.583. The summed E-state index contributed by atoms with van der Waals surface area (Å²) < 4.78 is 13.2. The number of morpholine rings is 1. The number of anilines is 1. The van der Waals surface area contributed by atoms with Crippen LogP contribution in [0.3, 0.4) is 0 Å². The third kappa shape index (κ3) is 4.67. The lowest BCUT2D eigenvalue weighted by molar-refractivity contribution is 0.0296. The average Bonchev–Trinajstić information content (AvgIpc) is 3.43. The first-order chi connectivity index (χ1) is 15.8. The van der Waals surface area contributed by atoms with Crippen molar-refractivity contribution in [3.8, 4) is 0 Å². The Kier molecular flexibility index (Phi) is 6.71. The van der Waals surface area contributed by atoms with Crippen LogP contribution in [0.5, 0.6) is 0 Å². The minimum atomic E-state index is 0.650. The summed E-state index contributed by atoms with van der Waals surface area (Å²) in [4.78, 5) is 8.37. The number of nitrogens with one attached hydrogen (secondary N) is 1. The maximum atomic E-state index is 5.52. The fraction of sp³-hybridized carbons (Fsp3) is 0.583. The monoisotopic (exact) mass is 438 g/mol. The van der Waals surface area contributed by atoms with Crippen molar-refractivity contribution in [2.24, 2.45) is 5.92 Å². The Morgan fingerprint density at radius 3 is 2.91 bits per heavy atom. The van der Waals surface area contributed by atoms with Gasteiger partial charge in [-0.25, -0.2) is 0 Å². The smallest absolute Gasteiger partial charge is 0.227 e. The summed E-state index contributed by atoms with van der Waals surface area (Å²) >= 11 is 0. The van der Waals surface area contributed by atoms with E-state index in [0.29, 0.717) is 12.5 Å². The Hall–Kier alpha value is -2.42. The Labute approximate surface area is 189 Å². The third-order valence-electron chi connectivity index (χ3n) is 6.77. The van der Waals surface area contributed by atoms with Crippen LogP contribution in [0.1, 0.15) is 24.2 Å². The van der Waals surface area contributed by atoms with E-state index in [9.17, 15) is 0 Å². The van der Waals surface area contributed by atoms with Crippen molar-refractivity contribution < 1.29 is 9.47 Å². The number of aromatic nitrogens is 4. The molecule has 8 nitrogen and oxygen atoms in total. The summed E-state index contributed by atoms with van der Waals surface area (Å²) in [5, 5.41) is 10.6. The van der Waals surface area contributed by atoms with Crippen LogP contribution in [0.4, 0.5) is 5.95 Å². The SMILES string of the molecule is COCCn1c(Cc2c[nH]c3ccccc23)nnc1N1CCC[C@@H](CN2CCOCC2)C1. The molecule has 2 aromatic heterocycles. The van der Waals surface area contributed by atoms with E-state index in [1.54, 1.807) is 7.11 Å². The summed E-state index contributed by atoms with van der Waals surface area (Å²) in [6.45, 7) is 8.46. The van der Waals surface area contributed by atoms with Gasteiger partial charge in [0.1, 0.15) is 5.82 Å². The van der Waals surface area contributed by atoms with E-state index in [1.807, 2.05) is 0 Å². The molecule has 8 heteroatoms. The van der Waals surface area contributed by atoms with E-state index in [-0.39, 0.29) is 0 Å². The van der Waals surface area contributed by atoms with Crippen molar-refractivity contribution >= 4 is 16.9 Å². The van der Waals surface area contributed by atoms with E-state index < -0.39 is 0 Å². The minimum Gasteiger partial charge on any atom is -0.383 e. The number of hydrogen-bond donors (Lipinski definition) is 1. The summed E-state index contributed by atoms with van der Waals surface area (Å²) in [6, 6.07) is 8.43. The molecule has 0 unspecified atom stereocenters. The second kappa shape index (κ2) is 10.0. The molecule has 2 aliphatic heterocycles. The molecule has 4 heterocycles. The molecule has 1 atom stereocenters. The highest BCUT2D eigenvalue weighted by molar-refractivity contribution is 5.83. The number of fused-ring (bicyclic) bond motifs is 1. The summed E-state index contributed by atoms with van der Waals surface area (Å²) in [6.07, 6.45) is 5.33. The lowest BCUT2D eigenvalue weighted by atomic mass is 9.97. The minimum absolute atomic E-state index is 0.650. The van der Waals surface area contributed by atoms with Gasteiger partial charge in [-0.05, 0) is 30.4 Å². The Morgan fingerprint density at radius 1 is 1.16 bits per heavy atom. The number of piperidine rings is 1. The van der Waals surface area contributed by atoms with E-state index in [0.717, 1.165) is 76.2 Å². The molecule has 5 rings (SSSR count). The highest BCUT2D eigenvalue weighted by Gasteiger charge is 2.27. The molecule has 32 heavy (non-hydrogen) atoms. The van der Waals surface area contributed by atoms with E-state index in [4.69, 9.17) is 9.47 Å². The molecule has 1 N–H and O–H groups in total. The van der Waals surface area contributed by atoms with Crippen LogP contribution in [0, 0.1) is 5.92 Å². The highest BCUT2D eigenvalue weighted by Crippen LogP contribution is 2.26. The summed E-state index contributed by atoms with van der Waals surface area (Å²) in [7, 11) is 1.75. The van der Waals surface area contributed by atoms with Crippen LogP contribution in [0.15, 0.2) is 30.5 Å². The zero-order chi connectivity index (χ0) is 21.8. The number of aromatic amines is 1. The number of ether oxygens (including phenoxy) is 2. The van der Waals surface area contributed by atoms with Gasteiger partial charge in [-0.1, -0.05) is 18.2 Å². The molecular formula is C24H34N6O2. The van der Waals surface area contributed by atoms with Gasteiger partial charge in [0, 0.05) is 63.4 Å². The second-order valence-electron chi connectivity index (χ2n) is 8.96. The van der Waals surface area contributed by atoms with Crippen molar-refractivity contribution in [3.63, 3.8) is 0 Å². The van der Waals surface area contributed by atoms with Crippen LogP contribution in [0.2, 0.25) is 0 Å². The van der Waals surface area contributed by atoms with Gasteiger partial charge >= 0.3 is 0 Å². The first-order valence-corrected chi connectivity index (χ1v) is 11.8. The molecule has 0 saturated carbocycles. The van der Waals surface area contributed by atoms with E-state index in [2.05, 4.69) is 60.0 Å². The first-order valence-electron chi connectivity index (χ1n) is 11.8. The predicted octanol–water partition coefficient (Wildman–Crippen LogP) is 2.55. The average molecular weight is 439 g/mol. The summed E-state index contributed by atoms with van der Waals surface area (Å²) in [5.41, 5.74) is 2.41. The number of methoxy groups -OCH3 is 1. The van der Waals surface area contributed by atoms with Crippen LogP contribution < -0.4 is 4.90 Å². The van der Waals surface area contributed by atoms with Gasteiger partial charge in [-0.3, -0.25) is 9.47 Å². The molecule has 2 fully saturated rings. The lowest BCUT2D eigenvalue weighted by Crippen LogP contribution is -2.45. The van der Waals surface area contributed by atoms with Gasteiger partial charge in [0.05, 0.1) is 26.4 Å². The zero-order valence-corrected chi connectivity index (χ0v) is 19.0. The molecule has 1 aromatic carbocycles. The normalized spacial score (nSPS) is 20.3. The van der Waals surface area contributed by atoms with Crippen LogP contribution in [0.25, 0.3) is 10.9 Å². The largest absolute Gasteiger partial charge is 0.383 e. The third-order valence-corrected chi connectivity index (χ3v) is 6.77. The number of para-hydroxylation sites is 1. The molecule has 172 valence electrons. The fourth-order valence-corrected chi connectivity index (χ4v) is 5.10. The van der Waals surface area contributed by atoms with Gasteiger partial charge in [-0.15, -0.1) is 10.2 Å². The number of rotatable bonds is 8. The molecule has 3 aromatic rings. The topological polar surface area (TPSA) is 71.4 Å².